The van der Waals surface area contributed by atoms with E-state index in [9.17, 15) is 0 Å². The largest absolute Gasteiger partial charge is 0.456 e. The molecular formula is C51H25B5N4O2. The molecule has 276 valence electrons. The van der Waals surface area contributed by atoms with Gasteiger partial charge in [0.2, 0.25) is 0 Å². The SMILES string of the molecule is [B]c1c([B])c([B])c(-c2nc(-c3ccc4c(c3)oc3cc(-n5c6ccccc6c6ccc(-c7ccccc7)cc65)ccc34)nc(-c3cccc4oc5ccccc5c34)n2)c([B])c1[B]. The highest BCUT2D eigenvalue weighted by atomic mass is 16.3. The van der Waals surface area contributed by atoms with Crippen LogP contribution < -0.4 is 27.3 Å². The Balaban J connectivity index is 1.04. The number of benzene rings is 8. The number of furan rings is 2. The zero-order valence-electron chi connectivity index (χ0n) is 32.9. The molecule has 0 aliphatic carbocycles. The van der Waals surface area contributed by atoms with Crippen LogP contribution in [-0.2, 0) is 0 Å². The van der Waals surface area contributed by atoms with Crippen molar-refractivity contribution < 1.29 is 8.83 Å². The number of hydrogen-bond acceptors (Lipinski definition) is 5. The van der Waals surface area contributed by atoms with E-state index in [0.717, 1.165) is 66.1 Å². The van der Waals surface area contributed by atoms with Crippen LogP contribution in [0.2, 0.25) is 0 Å². The van der Waals surface area contributed by atoms with Gasteiger partial charge in [-0.3, -0.25) is 0 Å². The van der Waals surface area contributed by atoms with Gasteiger partial charge in [-0.15, -0.1) is 16.4 Å². The van der Waals surface area contributed by atoms with E-state index in [4.69, 9.17) is 63.0 Å². The second-order valence-corrected chi connectivity index (χ2v) is 15.5. The minimum atomic E-state index is 0.0961. The van der Waals surface area contributed by atoms with Crippen molar-refractivity contribution in [1.82, 2.24) is 19.5 Å². The van der Waals surface area contributed by atoms with Crippen LogP contribution >= 0.6 is 0 Å². The summed E-state index contributed by atoms with van der Waals surface area (Å²) in [4.78, 5) is 15.0. The van der Waals surface area contributed by atoms with Crippen molar-refractivity contribution in [1.29, 1.82) is 0 Å². The van der Waals surface area contributed by atoms with E-state index < -0.39 is 0 Å². The first-order chi connectivity index (χ1) is 30.3. The molecular weight excluding hydrogens is 755 g/mol. The Kier molecular flexibility index (Phi) is 8.07. The molecule has 0 bridgehead atoms. The van der Waals surface area contributed by atoms with Gasteiger partial charge in [0.15, 0.2) is 17.5 Å². The minimum Gasteiger partial charge on any atom is -0.456 e. The lowest BCUT2D eigenvalue weighted by molar-refractivity contribution is 0.668. The lowest BCUT2D eigenvalue weighted by Crippen LogP contribution is -2.55. The van der Waals surface area contributed by atoms with Crippen molar-refractivity contribution in [2.24, 2.45) is 0 Å². The van der Waals surface area contributed by atoms with Crippen LogP contribution in [-0.4, -0.2) is 58.8 Å². The summed E-state index contributed by atoms with van der Waals surface area (Å²) in [6.45, 7) is 0. The van der Waals surface area contributed by atoms with E-state index in [1.54, 1.807) is 0 Å². The van der Waals surface area contributed by atoms with Gasteiger partial charge in [-0.2, -0.15) is 0 Å². The normalized spacial score (nSPS) is 11.9. The first-order valence-electron chi connectivity index (χ1n) is 20.0. The fraction of sp³-hybridized carbons (Fsp3) is 0. The van der Waals surface area contributed by atoms with Crippen LogP contribution in [0, 0.1) is 0 Å². The number of hydrogen-bond donors (Lipinski definition) is 0. The highest BCUT2D eigenvalue weighted by Gasteiger charge is 2.22. The van der Waals surface area contributed by atoms with E-state index in [1.807, 2.05) is 66.7 Å². The lowest BCUT2D eigenvalue weighted by Gasteiger charge is -2.20. The van der Waals surface area contributed by atoms with Crippen LogP contribution in [0.15, 0.2) is 160 Å². The smallest absolute Gasteiger partial charge is 0.164 e. The Morgan fingerprint density at radius 2 is 0.968 bits per heavy atom. The van der Waals surface area contributed by atoms with Gasteiger partial charge >= 0.3 is 0 Å². The molecule has 0 saturated carbocycles. The van der Waals surface area contributed by atoms with Gasteiger partial charge in [0.05, 0.1) is 11.0 Å². The van der Waals surface area contributed by atoms with E-state index in [0.29, 0.717) is 28.4 Å². The molecule has 0 N–H and O–H groups in total. The van der Waals surface area contributed by atoms with Crippen molar-refractivity contribution in [3.63, 3.8) is 0 Å². The zero-order chi connectivity index (χ0) is 41.8. The van der Waals surface area contributed by atoms with Crippen LogP contribution in [0.4, 0.5) is 0 Å². The van der Waals surface area contributed by atoms with Crippen LogP contribution in [0.1, 0.15) is 0 Å². The summed E-state index contributed by atoms with van der Waals surface area (Å²) >= 11 is 0. The van der Waals surface area contributed by atoms with Crippen LogP contribution in [0.25, 0.3) is 117 Å². The van der Waals surface area contributed by atoms with E-state index in [-0.39, 0.29) is 38.7 Å². The van der Waals surface area contributed by atoms with Crippen molar-refractivity contribution in [2.45, 2.75) is 0 Å². The molecule has 12 aromatic rings. The second-order valence-electron chi connectivity index (χ2n) is 15.5. The zero-order valence-corrected chi connectivity index (χ0v) is 32.9. The molecule has 0 spiro atoms. The molecule has 62 heavy (non-hydrogen) atoms. The van der Waals surface area contributed by atoms with Crippen molar-refractivity contribution in [3.8, 4) is 51.0 Å². The highest BCUT2D eigenvalue weighted by Crippen LogP contribution is 2.39. The maximum Gasteiger partial charge on any atom is 0.164 e. The Labute approximate surface area is 361 Å². The predicted molar refractivity (Wildman–Crippen MR) is 257 cm³/mol. The maximum absolute atomic E-state index is 6.69. The average molecular weight is 780 g/mol. The van der Waals surface area contributed by atoms with Gasteiger partial charge in [-0.05, 0) is 59.7 Å². The molecule has 0 unspecified atom stereocenters. The molecule has 0 aliphatic heterocycles. The Morgan fingerprint density at radius 3 is 1.79 bits per heavy atom. The fourth-order valence-corrected chi connectivity index (χ4v) is 8.89. The van der Waals surface area contributed by atoms with E-state index >= 15 is 0 Å². The molecule has 6 nitrogen and oxygen atoms in total. The monoisotopic (exact) mass is 780 g/mol. The number of aromatic nitrogens is 4. The molecule has 12 rings (SSSR count). The van der Waals surface area contributed by atoms with E-state index in [2.05, 4.69) is 89.5 Å². The summed E-state index contributed by atoms with van der Waals surface area (Å²) in [5.74, 6) is 0.898. The average Bonchev–Trinajstić information content (AvgIpc) is 3.99. The summed E-state index contributed by atoms with van der Waals surface area (Å²) < 4.78 is 15.2. The Morgan fingerprint density at radius 1 is 0.371 bits per heavy atom. The standard InChI is InChI=1S/C51H25B5N4O2/c52-44-43(45(53)47(55)48(56)46(44)54)51-58-49(57-50(59-51)35-13-8-16-39-42(35)34-12-5-7-15-38(34)61-39)28-18-21-32-33-22-19-29(25-41(33)62-40(32)24-28)60-36-14-6-4-11-30(36)31-20-17-27(23-37(31)60)26-9-2-1-3-10-26/h1-25H. The summed E-state index contributed by atoms with van der Waals surface area (Å²) in [6, 6.07) is 51.5. The molecule has 8 aromatic carbocycles. The highest BCUT2D eigenvalue weighted by molar-refractivity contribution is 6.68. The van der Waals surface area contributed by atoms with Gasteiger partial charge in [-0.25, -0.2) is 15.0 Å². The van der Waals surface area contributed by atoms with Crippen LogP contribution in [0.3, 0.4) is 0 Å². The molecule has 11 heteroatoms. The van der Waals surface area contributed by atoms with Gasteiger partial charge in [0, 0.05) is 60.8 Å². The lowest BCUT2D eigenvalue weighted by atomic mass is 9.60. The van der Waals surface area contributed by atoms with E-state index in [1.165, 1.54) is 10.8 Å². The van der Waals surface area contributed by atoms with Crippen molar-refractivity contribution in [2.75, 3.05) is 0 Å². The molecule has 0 saturated heterocycles. The van der Waals surface area contributed by atoms with Gasteiger partial charge in [0.25, 0.3) is 0 Å². The molecule has 0 aliphatic rings. The Bertz CT molecular complexity index is 3810. The number of rotatable bonds is 5. The predicted octanol–water partition coefficient (Wildman–Crippen LogP) is 7.40. The first-order valence-corrected chi connectivity index (χ1v) is 20.0. The second kappa shape index (κ2) is 13.8. The molecule has 0 fully saturated rings. The number of para-hydroxylation sites is 2. The third-order valence-corrected chi connectivity index (χ3v) is 12.0. The first kappa shape index (κ1) is 36.4. The van der Waals surface area contributed by atoms with Gasteiger partial charge in [-0.1, -0.05) is 108 Å². The quantitative estimate of drug-likeness (QED) is 0.171. The molecule has 0 amide bonds. The molecule has 10 radical (unpaired) electrons. The number of nitrogens with zero attached hydrogens (tertiary/aromatic N) is 4. The van der Waals surface area contributed by atoms with Gasteiger partial charge in [0.1, 0.15) is 61.6 Å². The molecule has 0 atom stereocenters. The Hall–Kier alpha value is -7.51. The molecule has 4 heterocycles. The summed E-state index contributed by atoms with van der Waals surface area (Å²) in [5, 5.41) is 6.05. The van der Waals surface area contributed by atoms with Crippen LogP contribution in [0.5, 0.6) is 0 Å². The summed E-state index contributed by atoms with van der Waals surface area (Å²) in [6.07, 6.45) is 0. The maximum atomic E-state index is 6.69. The third kappa shape index (κ3) is 5.47. The fourth-order valence-electron chi connectivity index (χ4n) is 8.89. The van der Waals surface area contributed by atoms with Gasteiger partial charge < -0.3 is 13.4 Å². The summed E-state index contributed by atoms with van der Waals surface area (Å²) in [7, 11) is 32.1. The topological polar surface area (TPSA) is 69.9 Å². The summed E-state index contributed by atoms with van der Waals surface area (Å²) in [5.41, 5.74) is 10.5. The minimum absolute atomic E-state index is 0.0961. The number of fused-ring (bicyclic) bond motifs is 9. The third-order valence-electron chi connectivity index (χ3n) is 12.0. The van der Waals surface area contributed by atoms with Crippen molar-refractivity contribution >= 4 is 132 Å². The van der Waals surface area contributed by atoms with Crippen molar-refractivity contribution in [3.05, 3.63) is 152 Å². The molecule has 4 aromatic heterocycles.